The molecule has 15 heavy (non-hydrogen) atoms. The molecule has 0 heterocycles. The molecule has 0 saturated heterocycles. The van der Waals surface area contributed by atoms with Crippen LogP contribution in [-0.4, -0.2) is 5.91 Å². The molecule has 4 aliphatic rings. The average molecular weight is 319 g/mol. The highest BCUT2D eigenvalue weighted by atomic mass is 127. The van der Waals surface area contributed by atoms with E-state index in [1.54, 1.807) is 0 Å². The quantitative estimate of drug-likeness (QED) is 0.615. The van der Waals surface area contributed by atoms with E-state index in [1.807, 2.05) is 22.9 Å². The van der Waals surface area contributed by atoms with Gasteiger partial charge in [-0.05, 0) is 61.7 Å². The zero-order valence-corrected chi connectivity index (χ0v) is 11.1. The first-order valence-electron chi connectivity index (χ1n) is 6.09. The van der Waals surface area contributed by atoms with Crippen LogP contribution in [-0.2, 0) is 4.79 Å². The van der Waals surface area contributed by atoms with Crippen molar-refractivity contribution in [1.82, 2.24) is 3.53 Å². The van der Waals surface area contributed by atoms with E-state index in [0.29, 0.717) is 5.41 Å². The fourth-order valence-electron chi connectivity index (χ4n) is 4.88. The molecule has 0 radical (unpaired) electrons. The molecule has 4 saturated carbocycles. The molecular weight excluding hydrogens is 301 g/mol. The Bertz CT molecular complexity index is 254. The van der Waals surface area contributed by atoms with Gasteiger partial charge in [0.25, 0.3) is 0 Å². The molecule has 1 amide bonds. The van der Waals surface area contributed by atoms with Crippen molar-refractivity contribution >= 4 is 28.8 Å². The van der Waals surface area contributed by atoms with Crippen LogP contribution in [0, 0.1) is 23.2 Å². The van der Waals surface area contributed by atoms with Crippen LogP contribution in [0.15, 0.2) is 0 Å². The largest absolute Gasteiger partial charge is 0.299 e. The maximum Gasteiger partial charge on any atom is 0.229 e. The number of rotatable bonds is 2. The van der Waals surface area contributed by atoms with E-state index in [9.17, 15) is 4.79 Å². The molecule has 2 nitrogen and oxygen atoms in total. The lowest BCUT2D eigenvalue weighted by Gasteiger charge is -2.56. The van der Waals surface area contributed by atoms with Crippen LogP contribution in [0.4, 0.5) is 0 Å². The van der Waals surface area contributed by atoms with Crippen LogP contribution in [0.1, 0.15) is 44.9 Å². The van der Waals surface area contributed by atoms with E-state index in [0.717, 1.165) is 24.2 Å². The second-order valence-corrected chi connectivity index (χ2v) is 6.65. The Kier molecular flexibility index (Phi) is 2.49. The van der Waals surface area contributed by atoms with E-state index >= 15 is 0 Å². The minimum Gasteiger partial charge on any atom is -0.299 e. The molecule has 4 rings (SSSR count). The molecule has 0 atom stereocenters. The van der Waals surface area contributed by atoms with Crippen LogP contribution in [0.5, 0.6) is 0 Å². The van der Waals surface area contributed by atoms with Crippen LogP contribution in [0.3, 0.4) is 0 Å². The van der Waals surface area contributed by atoms with Gasteiger partial charge in [0.15, 0.2) is 0 Å². The topological polar surface area (TPSA) is 29.1 Å². The molecule has 3 heteroatoms. The van der Waals surface area contributed by atoms with Gasteiger partial charge in [0.05, 0.1) is 22.9 Å². The molecule has 0 aliphatic heterocycles. The van der Waals surface area contributed by atoms with Crippen LogP contribution in [0.2, 0.25) is 0 Å². The van der Waals surface area contributed by atoms with Crippen molar-refractivity contribution in [2.24, 2.45) is 23.2 Å². The maximum atomic E-state index is 11.6. The standard InChI is InChI=1S/C12H18INO/c13-14-11(15)7-12-4-8-1-9(5-12)3-10(2-8)6-12/h8-10H,1-7H2,(H,14,15). The molecule has 4 bridgehead atoms. The number of halogens is 1. The van der Waals surface area contributed by atoms with Crippen LogP contribution < -0.4 is 3.53 Å². The van der Waals surface area contributed by atoms with Crippen LogP contribution in [0.25, 0.3) is 0 Å². The normalized spacial score (nSPS) is 46.9. The Balaban J connectivity index is 1.78. The lowest BCUT2D eigenvalue weighted by molar-refractivity contribution is -0.127. The fraction of sp³-hybridized carbons (Fsp3) is 0.917. The van der Waals surface area contributed by atoms with Crippen LogP contribution >= 0.6 is 22.9 Å². The van der Waals surface area contributed by atoms with Crippen molar-refractivity contribution in [1.29, 1.82) is 0 Å². The summed E-state index contributed by atoms with van der Waals surface area (Å²) in [6.07, 6.45) is 9.19. The third-order valence-electron chi connectivity index (χ3n) is 4.81. The molecule has 0 aromatic rings. The maximum absolute atomic E-state index is 11.6. The summed E-state index contributed by atoms with van der Waals surface area (Å²) in [7, 11) is 0. The molecule has 0 aromatic carbocycles. The summed E-state index contributed by atoms with van der Waals surface area (Å²) < 4.78 is 2.77. The van der Waals surface area contributed by atoms with E-state index < -0.39 is 0 Å². The lowest BCUT2D eigenvalue weighted by atomic mass is 9.49. The molecular formula is C12H18INO. The van der Waals surface area contributed by atoms with Gasteiger partial charge in [0.2, 0.25) is 5.91 Å². The minimum atomic E-state index is 0.248. The molecule has 4 fully saturated rings. The highest BCUT2D eigenvalue weighted by Gasteiger charge is 2.51. The third-order valence-corrected chi connectivity index (χ3v) is 5.41. The summed E-state index contributed by atoms with van der Waals surface area (Å²) in [4.78, 5) is 11.6. The first-order chi connectivity index (χ1) is 7.19. The summed E-state index contributed by atoms with van der Waals surface area (Å²) in [6.45, 7) is 0. The summed E-state index contributed by atoms with van der Waals surface area (Å²) in [5, 5.41) is 0. The van der Waals surface area contributed by atoms with Crippen molar-refractivity contribution in [2.75, 3.05) is 0 Å². The second-order valence-electron chi connectivity index (χ2n) is 6.11. The monoisotopic (exact) mass is 319 g/mol. The lowest BCUT2D eigenvalue weighted by Crippen LogP contribution is -2.47. The van der Waals surface area contributed by atoms with Crippen molar-refractivity contribution in [3.63, 3.8) is 0 Å². The van der Waals surface area contributed by atoms with Gasteiger partial charge in [-0.2, -0.15) is 0 Å². The fourth-order valence-corrected chi connectivity index (χ4v) is 5.07. The van der Waals surface area contributed by atoms with Gasteiger partial charge in [0.1, 0.15) is 0 Å². The average Bonchev–Trinajstić information content (AvgIpc) is 2.14. The predicted molar refractivity (Wildman–Crippen MR) is 67.4 cm³/mol. The summed E-state index contributed by atoms with van der Waals surface area (Å²) >= 11 is 1.97. The van der Waals surface area contributed by atoms with Gasteiger partial charge in [-0.3, -0.25) is 8.32 Å². The Hall–Kier alpha value is 0.200. The van der Waals surface area contributed by atoms with Gasteiger partial charge in [0, 0.05) is 6.42 Å². The van der Waals surface area contributed by atoms with Crippen molar-refractivity contribution in [3.8, 4) is 0 Å². The molecule has 0 spiro atoms. The number of hydrogen-bond donors (Lipinski definition) is 1. The second kappa shape index (κ2) is 3.60. The third kappa shape index (κ3) is 1.81. The molecule has 0 unspecified atom stereocenters. The summed E-state index contributed by atoms with van der Waals surface area (Å²) in [5.41, 5.74) is 0.407. The Morgan fingerprint density at radius 3 is 2.00 bits per heavy atom. The molecule has 4 aliphatic carbocycles. The van der Waals surface area contributed by atoms with Gasteiger partial charge >= 0.3 is 0 Å². The van der Waals surface area contributed by atoms with Crippen molar-refractivity contribution in [2.45, 2.75) is 44.9 Å². The highest BCUT2D eigenvalue weighted by molar-refractivity contribution is 14.1. The SMILES string of the molecule is O=C(CC12CC3CC(CC(C3)C1)C2)NI. The van der Waals surface area contributed by atoms with E-state index in [-0.39, 0.29) is 5.91 Å². The minimum absolute atomic E-state index is 0.248. The predicted octanol–water partition coefficient (Wildman–Crippen LogP) is 3.06. The number of carbonyl (C=O) groups is 1. The van der Waals surface area contributed by atoms with Crippen molar-refractivity contribution < 1.29 is 4.79 Å². The van der Waals surface area contributed by atoms with E-state index in [2.05, 4.69) is 3.53 Å². The summed E-state index contributed by atoms with van der Waals surface area (Å²) in [5.74, 6) is 3.12. The number of amides is 1. The zero-order valence-electron chi connectivity index (χ0n) is 8.97. The Morgan fingerprint density at radius 1 is 1.13 bits per heavy atom. The molecule has 84 valence electrons. The van der Waals surface area contributed by atoms with Gasteiger partial charge < -0.3 is 0 Å². The number of hydrogen-bond acceptors (Lipinski definition) is 1. The first kappa shape index (κ1) is 10.4. The van der Waals surface area contributed by atoms with E-state index in [1.165, 1.54) is 38.5 Å². The first-order valence-corrected chi connectivity index (χ1v) is 7.16. The van der Waals surface area contributed by atoms with Gasteiger partial charge in [-0.25, -0.2) is 0 Å². The Morgan fingerprint density at radius 2 is 1.60 bits per heavy atom. The smallest absolute Gasteiger partial charge is 0.229 e. The van der Waals surface area contributed by atoms with Crippen molar-refractivity contribution in [3.05, 3.63) is 0 Å². The highest BCUT2D eigenvalue weighted by Crippen LogP contribution is 2.61. The zero-order chi connectivity index (χ0) is 10.5. The molecule has 0 aromatic heterocycles. The summed E-state index contributed by atoms with van der Waals surface area (Å²) in [6, 6.07) is 0. The van der Waals surface area contributed by atoms with E-state index in [4.69, 9.17) is 0 Å². The van der Waals surface area contributed by atoms with Gasteiger partial charge in [-0.1, -0.05) is 0 Å². The number of carbonyl (C=O) groups excluding carboxylic acids is 1. The molecule has 1 N–H and O–H groups in total. The number of nitrogens with one attached hydrogen (secondary N) is 1. The Labute approximate surface area is 105 Å². The van der Waals surface area contributed by atoms with Gasteiger partial charge in [-0.15, -0.1) is 0 Å².